The van der Waals surface area contributed by atoms with Gasteiger partial charge < -0.3 is 14.8 Å². The molecule has 1 N–H and O–H groups in total. The molecule has 0 radical (unpaired) electrons. The van der Waals surface area contributed by atoms with Gasteiger partial charge in [0.15, 0.2) is 3.51 Å². The first kappa shape index (κ1) is 16.7. The van der Waals surface area contributed by atoms with Crippen LogP contribution in [0.15, 0.2) is 24.3 Å². The zero-order chi connectivity index (χ0) is 17.4. The first-order chi connectivity index (χ1) is 12.0. The van der Waals surface area contributed by atoms with Gasteiger partial charge in [0.1, 0.15) is 0 Å². The van der Waals surface area contributed by atoms with E-state index in [0.717, 1.165) is 22.0 Å². The van der Waals surface area contributed by atoms with Gasteiger partial charge in [-0.2, -0.15) is 0 Å². The number of rotatable bonds is 2. The predicted molar refractivity (Wildman–Crippen MR) is 97.9 cm³/mol. The van der Waals surface area contributed by atoms with Gasteiger partial charge in [0.05, 0.1) is 0 Å². The summed E-state index contributed by atoms with van der Waals surface area (Å²) < 4.78 is 12.1. The van der Waals surface area contributed by atoms with Crippen molar-refractivity contribution in [3.05, 3.63) is 33.4 Å². The number of hydrogen-bond donors (Lipinski definition) is 1. The molecule has 2 heterocycles. The summed E-state index contributed by atoms with van der Waals surface area (Å²) in [7, 11) is 0. The second-order valence-corrected chi connectivity index (χ2v) is 9.43. The molecule has 2 aliphatic heterocycles. The van der Waals surface area contributed by atoms with Gasteiger partial charge in [-0.15, -0.1) is 0 Å². The maximum atomic E-state index is 12.4. The second-order valence-electron chi connectivity index (χ2n) is 6.57. The van der Waals surface area contributed by atoms with Gasteiger partial charge in [-0.05, 0) is 30.5 Å². The summed E-state index contributed by atoms with van der Waals surface area (Å²) in [5.41, 5.74) is 1.06. The maximum Gasteiger partial charge on any atom is 0.354 e. The van der Waals surface area contributed by atoms with Crippen LogP contribution >= 0.6 is 20.7 Å². The summed E-state index contributed by atoms with van der Waals surface area (Å²) in [5, 5.41) is 2.83. The standard InChI is InChI=1S/C18H18INO5/c21-14-9-12(10-20-14)11-4-3-5-13(8-11)19-15-16(22)24-18(25-17(15)23)6-1-2-7-18/h3-5,8,12H,1-2,6-7,9-10H2,(H,20,21). The Balaban J connectivity index is 1.57. The maximum absolute atomic E-state index is 12.4. The van der Waals surface area contributed by atoms with Crippen LogP contribution in [0.5, 0.6) is 0 Å². The van der Waals surface area contributed by atoms with Crippen molar-refractivity contribution in [3.8, 4) is 0 Å². The highest BCUT2D eigenvalue weighted by molar-refractivity contribution is 14.2. The lowest BCUT2D eigenvalue weighted by molar-refractivity contribution is -0.224. The Labute approximate surface area is 155 Å². The molecule has 1 unspecified atom stereocenters. The molecule has 0 bridgehead atoms. The van der Waals surface area contributed by atoms with Crippen LogP contribution in [0.4, 0.5) is 0 Å². The van der Waals surface area contributed by atoms with E-state index in [0.29, 0.717) is 25.8 Å². The Morgan fingerprint density at radius 2 is 1.80 bits per heavy atom. The van der Waals surface area contributed by atoms with Gasteiger partial charge in [0, 0.05) is 35.3 Å². The Morgan fingerprint density at radius 3 is 2.44 bits per heavy atom. The number of amides is 1. The SMILES string of the molecule is O=C1CC(c2cccc(I=C3C(=O)OC4(CCCC4)OC3=O)c2)CN1. The molecule has 25 heavy (non-hydrogen) atoms. The number of benzene rings is 1. The third kappa shape index (κ3) is 3.33. The lowest BCUT2D eigenvalue weighted by Gasteiger charge is -2.32. The van der Waals surface area contributed by atoms with E-state index in [9.17, 15) is 14.4 Å². The highest BCUT2D eigenvalue weighted by atomic mass is 127. The molecule has 1 amide bonds. The van der Waals surface area contributed by atoms with Gasteiger partial charge in [-0.25, -0.2) is 9.59 Å². The molecule has 3 aliphatic rings. The lowest BCUT2D eigenvalue weighted by Crippen LogP contribution is -2.48. The Kier molecular flexibility index (Phi) is 4.35. The van der Waals surface area contributed by atoms with Crippen molar-refractivity contribution < 1.29 is 23.9 Å². The van der Waals surface area contributed by atoms with Crippen molar-refractivity contribution in [2.24, 2.45) is 0 Å². The summed E-state index contributed by atoms with van der Waals surface area (Å²) in [5.74, 6) is -1.85. The summed E-state index contributed by atoms with van der Waals surface area (Å²) >= 11 is -0.989. The molecule has 1 spiro atoms. The van der Waals surface area contributed by atoms with E-state index in [4.69, 9.17) is 9.47 Å². The molecule has 1 atom stereocenters. The molecule has 6 nitrogen and oxygen atoms in total. The predicted octanol–water partition coefficient (Wildman–Crippen LogP) is 1.97. The molecule has 1 aromatic carbocycles. The molecular formula is C18H18INO5. The Bertz CT molecular complexity index is 759. The van der Waals surface area contributed by atoms with Crippen molar-refractivity contribution in [2.45, 2.75) is 43.8 Å². The van der Waals surface area contributed by atoms with Crippen LogP contribution in [0.25, 0.3) is 0 Å². The first-order valence-corrected chi connectivity index (χ1v) is 10.6. The Morgan fingerprint density at radius 1 is 1.08 bits per heavy atom. The normalized spacial score (nSPS) is 25.0. The van der Waals surface area contributed by atoms with Gasteiger partial charge in [0.2, 0.25) is 5.91 Å². The lowest BCUT2D eigenvalue weighted by atomic mass is 9.99. The molecule has 1 aliphatic carbocycles. The fraction of sp³-hybridized carbons (Fsp3) is 0.444. The van der Waals surface area contributed by atoms with Crippen molar-refractivity contribution in [3.63, 3.8) is 0 Å². The van der Waals surface area contributed by atoms with Crippen molar-refractivity contribution in [1.82, 2.24) is 5.32 Å². The zero-order valence-electron chi connectivity index (χ0n) is 13.5. The summed E-state index contributed by atoms with van der Waals surface area (Å²) in [6.07, 6.45) is 3.47. The van der Waals surface area contributed by atoms with Crippen LogP contribution in [-0.2, 0) is 23.9 Å². The van der Waals surface area contributed by atoms with E-state index in [-0.39, 0.29) is 15.3 Å². The number of halogens is 1. The average molecular weight is 455 g/mol. The molecule has 3 fully saturated rings. The minimum atomic E-state index is -1.01. The van der Waals surface area contributed by atoms with Crippen molar-refractivity contribution in [2.75, 3.05) is 6.54 Å². The molecule has 2 saturated heterocycles. The Hall–Kier alpha value is -1.77. The largest absolute Gasteiger partial charge is 0.418 e. The van der Waals surface area contributed by atoms with Gasteiger partial charge in [-0.1, -0.05) is 32.9 Å². The van der Waals surface area contributed by atoms with E-state index in [2.05, 4.69) is 5.32 Å². The highest BCUT2D eigenvalue weighted by Crippen LogP contribution is 2.38. The van der Waals surface area contributed by atoms with Crippen molar-refractivity contribution in [1.29, 1.82) is 0 Å². The molecule has 1 saturated carbocycles. The van der Waals surface area contributed by atoms with Gasteiger partial charge in [0.25, 0.3) is 5.79 Å². The number of ether oxygens (including phenoxy) is 2. The number of esters is 2. The number of hydrogen-bond acceptors (Lipinski definition) is 5. The van der Waals surface area contributed by atoms with Crippen LogP contribution in [-0.4, -0.2) is 33.7 Å². The fourth-order valence-electron chi connectivity index (χ4n) is 3.50. The van der Waals surface area contributed by atoms with E-state index >= 15 is 0 Å². The minimum absolute atomic E-state index is 0.0563. The highest BCUT2D eigenvalue weighted by Gasteiger charge is 2.48. The van der Waals surface area contributed by atoms with E-state index in [1.807, 2.05) is 24.3 Å². The topological polar surface area (TPSA) is 81.7 Å². The molecule has 7 heteroatoms. The molecule has 1 aromatic rings. The van der Waals surface area contributed by atoms with Crippen LogP contribution < -0.4 is 5.32 Å². The first-order valence-electron chi connectivity index (χ1n) is 8.40. The summed E-state index contributed by atoms with van der Waals surface area (Å²) in [6.45, 7) is 0.629. The summed E-state index contributed by atoms with van der Waals surface area (Å²) in [4.78, 5) is 36.1. The summed E-state index contributed by atoms with van der Waals surface area (Å²) in [6, 6.07) is 7.79. The van der Waals surface area contributed by atoms with Crippen molar-refractivity contribution >= 4 is 42.1 Å². The van der Waals surface area contributed by atoms with E-state index in [1.54, 1.807) is 0 Å². The number of carbonyl (C=O) groups excluding carboxylic acids is 3. The quantitative estimate of drug-likeness (QED) is 0.545. The molecule has 4 rings (SSSR count). The second kappa shape index (κ2) is 6.51. The zero-order valence-corrected chi connectivity index (χ0v) is 15.7. The fourth-order valence-corrected chi connectivity index (χ4v) is 5.68. The average Bonchev–Trinajstić information content (AvgIpc) is 3.21. The molecule has 0 aromatic heterocycles. The van der Waals surface area contributed by atoms with Crippen LogP contribution in [0.2, 0.25) is 0 Å². The van der Waals surface area contributed by atoms with Crippen LogP contribution in [0, 0.1) is 3.57 Å². The molecular weight excluding hydrogens is 437 g/mol. The van der Waals surface area contributed by atoms with E-state index < -0.39 is 38.5 Å². The minimum Gasteiger partial charge on any atom is -0.418 e. The van der Waals surface area contributed by atoms with Crippen LogP contribution in [0.3, 0.4) is 0 Å². The third-order valence-corrected chi connectivity index (χ3v) is 7.50. The van der Waals surface area contributed by atoms with Gasteiger partial charge >= 0.3 is 11.9 Å². The monoisotopic (exact) mass is 455 g/mol. The van der Waals surface area contributed by atoms with E-state index in [1.165, 1.54) is 0 Å². The number of nitrogens with one attached hydrogen (secondary N) is 1. The molecule has 132 valence electrons. The van der Waals surface area contributed by atoms with Gasteiger partial charge in [-0.3, -0.25) is 4.79 Å². The smallest absolute Gasteiger partial charge is 0.354 e. The van der Waals surface area contributed by atoms with Crippen LogP contribution in [0.1, 0.15) is 43.6 Å². The number of carbonyl (C=O) groups is 3. The third-order valence-electron chi connectivity index (χ3n) is 4.78.